The lowest BCUT2D eigenvalue weighted by molar-refractivity contribution is -0.138. The highest BCUT2D eigenvalue weighted by Crippen LogP contribution is 2.57. The second-order valence-electron chi connectivity index (χ2n) is 11.3. The second-order valence-corrected chi connectivity index (χ2v) is 11.3. The van der Waals surface area contributed by atoms with Crippen LogP contribution in [0.3, 0.4) is 0 Å². The van der Waals surface area contributed by atoms with E-state index < -0.39 is 17.8 Å². The number of carbonyl (C=O) groups excluding carboxylic acids is 2. The Hall–Kier alpha value is -2.92. The summed E-state index contributed by atoms with van der Waals surface area (Å²) in [6.07, 6.45) is -1.74. The molecule has 0 spiro atoms. The number of aromatic nitrogens is 2. The number of nitrogens with zero attached hydrogens (tertiary/aromatic N) is 4. The fourth-order valence-electron chi connectivity index (χ4n) is 6.71. The van der Waals surface area contributed by atoms with E-state index in [0.29, 0.717) is 68.7 Å². The number of likely N-dealkylation sites (tertiary alicyclic amines) is 1. The van der Waals surface area contributed by atoms with Gasteiger partial charge in [0.15, 0.2) is 5.69 Å². The summed E-state index contributed by atoms with van der Waals surface area (Å²) >= 11 is 0. The maximum absolute atomic E-state index is 13.4. The third-order valence-corrected chi connectivity index (χ3v) is 8.93. The van der Waals surface area contributed by atoms with Crippen LogP contribution in [-0.4, -0.2) is 82.0 Å². The summed E-state index contributed by atoms with van der Waals surface area (Å²) in [7, 11) is 0. The molecule has 0 radical (unpaired) electrons. The van der Waals surface area contributed by atoms with Crippen LogP contribution in [0.15, 0.2) is 18.2 Å². The summed E-state index contributed by atoms with van der Waals surface area (Å²) in [5.74, 6) is 0.531. The van der Waals surface area contributed by atoms with Gasteiger partial charge in [-0.3, -0.25) is 14.3 Å². The largest absolute Gasteiger partial charge is 0.416 e. The highest BCUT2D eigenvalue weighted by molar-refractivity contribution is 5.95. The number of amides is 2. The van der Waals surface area contributed by atoms with Crippen molar-refractivity contribution in [3.8, 4) is 0 Å². The first-order chi connectivity index (χ1) is 18.7. The van der Waals surface area contributed by atoms with E-state index in [2.05, 4.69) is 5.10 Å². The Kier molecular flexibility index (Phi) is 6.69. The second kappa shape index (κ2) is 9.92. The third-order valence-electron chi connectivity index (χ3n) is 8.93. The predicted octanol–water partition coefficient (Wildman–Crippen LogP) is 3.11. The first-order valence-electron chi connectivity index (χ1n) is 13.7. The van der Waals surface area contributed by atoms with Crippen LogP contribution in [0.25, 0.3) is 0 Å². The molecular formula is C28H33F3N4O4. The van der Waals surface area contributed by atoms with Gasteiger partial charge in [0, 0.05) is 37.4 Å². The lowest BCUT2D eigenvalue weighted by Gasteiger charge is -2.33. The number of rotatable bonds is 5. The standard InChI is InChI=1S/C28H33F3N4O4/c1-16-20(3-2-4-22(16)28(29,30)31)17-5-7-33(8-6-17)24(37)14-35-23-12-18-11-21(18)25(23)26(32-35)27(38)34-9-10-39-19(13-34)15-36/h2-4,17-19,21,36H,5-15H2,1H3/t18-,19-,21-/m1/s1. The number of aliphatic hydroxyl groups is 1. The van der Waals surface area contributed by atoms with Crippen LogP contribution in [-0.2, 0) is 28.7 Å². The first kappa shape index (κ1) is 26.3. The van der Waals surface area contributed by atoms with Gasteiger partial charge in [-0.05, 0) is 67.6 Å². The molecule has 210 valence electrons. The fraction of sp³-hybridized carbons (Fsp3) is 0.607. The zero-order valence-electron chi connectivity index (χ0n) is 21.9. The van der Waals surface area contributed by atoms with E-state index in [0.717, 1.165) is 30.2 Å². The molecule has 1 aromatic carbocycles. The number of ether oxygens (including phenoxy) is 1. The number of morpholine rings is 1. The zero-order valence-corrected chi connectivity index (χ0v) is 21.9. The number of fused-ring (bicyclic) bond motifs is 3. The highest BCUT2D eigenvalue weighted by atomic mass is 19.4. The molecule has 2 aromatic rings. The number of carbonyl (C=O) groups is 2. The zero-order chi connectivity index (χ0) is 27.5. The number of alkyl halides is 3. The molecule has 0 unspecified atom stereocenters. The van der Waals surface area contributed by atoms with Crippen molar-refractivity contribution in [3.05, 3.63) is 51.8 Å². The summed E-state index contributed by atoms with van der Waals surface area (Å²) in [4.78, 5) is 30.2. The smallest absolute Gasteiger partial charge is 0.394 e. The molecule has 0 bridgehead atoms. The quantitative estimate of drug-likeness (QED) is 0.623. The average molecular weight is 547 g/mol. The lowest BCUT2D eigenvalue weighted by Crippen LogP contribution is -2.47. The van der Waals surface area contributed by atoms with Crippen LogP contribution in [0.5, 0.6) is 0 Å². The van der Waals surface area contributed by atoms with Gasteiger partial charge in [0.25, 0.3) is 5.91 Å². The van der Waals surface area contributed by atoms with Gasteiger partial charge in [-0.2, -0.15) is 18.3 Å². The van der Waals surface area contributed by atoms with Gasteiger partial charge in [0.2, 0.25) is 5.91 Å². The van der Waals surface area contributed by atoms with Gasteiger partial charge in [-0.25, -0.2) is 0 Å². The van der Waals surface area contributed by atoms with Gasteiger partial charge in [-0.15, -0.1) is 0 Å². The average Bonchev–Trinajstić information content (AvgIpc) is 3.45. The third kappa shape index (κ3) is 4.84. The molecule has 4 aliphatic rings. The van der Waals surface area contributed by atoms with Crippen LogP contribution in [0.1, 0.15) is 69.5 Å². The Labute approximate surface area is 224 Å². The SMILES string of the molecule is Cc1c(C2CCN(C(=O)Cn3nc(C(=O)N4CCO[C@@H](CO)C4)c4c3C[C@H]3C[C@@H]43)CC2)cccc1C(F)(F)F. The van der Waals surface area contributed by atoms with Crippen LogP contribution in [0.4, 0.5) is 13.2 Å². The van der Waals surface area contributed by atoms with E-state index in [9.17, 15) is 27.9 Å². The summed E-state index contributed by atoms with van der Waals surface area (Å²) in [6.45, 7) is 3.46. The monoisotopic (exact) mass is 546 g/mol. The molecule has 2 aliphatic heterocycles. The van der Waals surface area contributed by atoms with Crippen molar-refractivity contribution in [2.75, 3.05) is 39.4 Å². The van der Waals surface area contributed by atoms with Crippen LogP contribution in [0.2, 0.25) is 0 Å². The summed E-state index contributed by atoms with van der Waals surface area (Å²) in [5.41, 5.74) is 2.73. The Morgan fingerprint density at radius 3 is 2.64 bits per heavy atom. The summed E-state index contributed by atoms with van der Waals surface area (Å²) < 4.78 is 47.3. The lowest BCUT2D eigenvalue weighted by atomic mass is 9.85. The van der Waals surface area contributed by atoms with Crippen LogP contribution < -0.4 is 0 Å². The minimum absolute atomic E-state index is 0.0297. The molecule has 2 amide bonds. The van der Waals surface area contributed by atoms with Crippen LogP contribution in [0, 0.1) is 12.8 Å². The van der Waals surface area contributed by atoms with E-state index in [1.165, 1.54) is 13.0 Å². The van der Waals surface area contributed by atoms with Crippen molar-refractivity contribution in [2.45, 2.75) is 63.3 Å². The van der Waals surface area contributed by atoms with Gasteiger partial charge in [-0.1, -0.05) is 12.1 Å². The van der Waals surface area contributed by atoms with E-state index in [1.807, 2.05) is 0 Å². The number of halogens is 3. The van der Waals surface area contributed by atoms with Crippen molar-refractivity contribution in [3.63, 3.8) is 0 Å². The molecule has 6 rings (SSSR count). The molecule has 2 saturated heterocycles. The summed E-state index contributed by atoms with van der Waals surface area (Å²) in [5, 5.41) is 14.1. The van der Waals surface area contributed by atoms with Crippen molar-refractivity contribution in [1.29, 1.82) is 0 Å². The molecular weight excluding hydrogens is 513 g/mol. The van der Waals surface area contributed by atoms with Crippen molar-refractivity contribution in [1.82, 2.24) is 19.6 Å². The number of benzene rings is 1. The molecule has 11 heteroatoms. The topological polar surface area (TPSA) is 87.9 Å². The number of aliphatic hydroxyl groups excluding tert-OH is 1. The number of hydrogen-bond acceptors (Lipinski definition) is 5. The van der Waals surface area contributed by atoms with Gasteiger partial charge in [0.1, 0.15) is 6.54 Å². The molecule has 1 saturated carbocycles. The molecule has 1 N–H and O–H groups in total. The van der Waals surface area contributed by atoms with E-state index in [4.69, 9.17) is 4.74 Å². The molecule has 39 heavy (non-hydrogen) atoms. The van der Waals surface area contributed by atoms with E-state index in [-0.39, 0.29) is 36.4 Å². The van der Waals surface area contributed by atoms with Crippen LogP contribution >= 0.6 is 0 Å². The van der Waals surface area contributed by atoms with Crippen molar-refractivity contribution in [2.24, 2.45) is 5.92 Å². The normalized spacial score (nSPS) is 25.0. The Bertz CT molecular complexity index is 1280. The number of piperidine rings is 1. The predicted molar refractivity (Wildman–Crippen MR) is 134 cm³/mol. The molecule has 1 aromatic heterocycles. The van der Waals surface area contributed by atoms with E-state index >= 15 is 0 Å². The molecule has 3 fully saturated rings. The van der Waals surface area contributed by atoms with Gasteiger partial charge < -0.3 is 19.6 Å². The fourth-order valence-corrected chi connectivity index (χ4v) is 6.71. The van der Waals surface area contributed by atoms with Gasteiger partial charge in [0.05, 0.1) is 24.9 Å². The molecule has 2 aliphatic carbocycles. The Morgan fingerprint density at radius 1 is 1.15 bits per heavy atom. The maximum atomic E-state index is 13.4. The van der Waals surface area contributed by atoms with Gasteiger partial charge >= 0.3 is 6.18 Å². The number of hydrogen-bond donors (Lipinski definition) is 1. The van der Waals surface area contributed by atoms with E-state index in [1.54, 1.807) is 20.5 Å². The van der Waals surface area contributed by atoms with Crippen molar-refractivity contribution >= 4 is 11.8 Å². The maximum Gasteiger partial charge on any atom is 0.416 e. The molecule has 3 atom stereocenters. The van der Waals surface area contributed by atoms with Crippen molar-refractivity contribution < 1.29 is 32.6 Å². The Morgan fingerprint density at radius 2 is 1.92 bits per heavy atom. The molecule has 3 heterocycles. The minimum atomic E-state index is -4.38. The minimum Gasteiger partial charge on any atom is -0.394 e. The summed E-state index contributed by atoms with van der Waals surface area (Å²) in [6, 6.07) is 4.35. The molecule has 8 nitrogen and oxygen atoms in total. The Balaban J connectivity index is 1.14. The highest BCUT2D eigenvalue weighted by Gasteiger charge is 2.50. The first-order valence-corrected chi connectivity index (χ1v) is 13.7.